The van der Waals surface area contributed by atoms with Crippen LogP contribution in [0, 0.1) is 5.82 Å². The quantitative estimate of drug-likeness (QED) is 0.773. The first-order valence-corrected chi connectivity index (χ1v) is 9.43. The van der Waals surface area contributed by atoms with Crippen LogP contribution in [0.5, 0.6) is 5.75 Å². The third-order valence-electron chi connectivity index (χ3n) is 4.66. The number of rotatable bonds is 7. The van der Waals surface area contributed by atoms with Crippen LogP contribution in [0.3, 0.4) is 0 Å². The van der Waals surface area contributed by atoms with Crippen LogP contribution in [0.15, 0.2) is 24.3 Å². The number of ether oxygens (including phenoxy) is 1. The summed E-state index contributed by atoms with van der Waals surface area (Å²) in [6.07, 6.45) is 3.72. The van der Waals surface area contributed by atoms with Crippen molar-refractivity contribution >= 4 is 6.03 Å². The number of amides is 2. The number of aliphatic hydroxyl groups is 1. The number of carbonyl (C=O) groups is 1. The van der Waals surface area contributed by atoms with Crippen LogP contribution < -0.4 is 10.1 Å². The Morgan fingerprint density at radius 3 is 2.65 bits per heavy atom. The summed E-state index contributed by atoms with van der Waals surface area (Å²) in [5.74, 6) is -0.0802. The number of nitrogens with one attached hydrogen (secondary N) is 1. The largest absolute Gasteiger partial charge is 0.487 e. The van der Waals surface area contributed by atoms with Gasteiger partial charge < -0.3 is 20.1 Å². The van der Waals surface area contributed by atoms with Gasteiger partial charge in [-0.25, -0.2) is 9.18 Å². The molecule has 1 heterocycles. The molecule has 2 amide bonds. The fraction of sp³-hybridized carbons (Fsp3) is 0.650. The number of carbonyl (C=O) groups excluding carboxylic acids is 1. The van der Waals surface area contributed by atoms with Gasteiger partial charge in [0.25, 0.3) is 0 Å². The first-order chi connectivity index (χ1) is 12.2. The van der Waals surface area contributed by atoms with Crippen LogP contribution >= 0.6 is 0 Å². The molecule has 0 spiro atoms. The topological polar surface area (TPSA) is 61.8 Å². The lowest BCUT2D eigenvalue weighted by atomic mass is 10.00. The van der Waals surface area contributed by atoms with Crippen LogP contribution in [0.2, 0.25) is 0 Å². The maximum Gasteiger partial charge on any atom is 0.317 e. The molecule has 1 aliphatic heterocycles. The zero-order valence-corrected chi connectivity index (χ0v) is 16.0. The molecule has 0 saturated carbocycles. The van der Waals surface area contributed by atoms with Crippen molar-refractivity contribution in [2.75, 3.05) is 13.1 Å². The van der Waals surface area contributed by atoms with E-state index in [0.717, 1.165) is 12.8 Å². The lowest BCUT2D eigenvalue weighted by molar-refractivity contribution is 0.0675. The molecule has 1 aromatic rings. The number of nitrogens with zero attached hydrogens (tertiary/aromatic N) is 1. The summed E-state index contributed by atoms with van der Waals surface area (Å²) in [6, 6.07) is 6.40. The van der Waals surface area contributed by atoms with E-state index in [1.165, 1.54) is 6.07 Å². The molecule has 5 nitrogen and oxygen atoms in total. The van der Waals surface area contributed by atoms with Crippen molar-refractivity contribution in [3.63, 3.8) is 0 Å². The van der Waals surface area contributed by atoms with Gasteiger partial charge in [0, 0.05) is 32.0 Å². The Morgan fingerprint density at radius 2 is 2.04 bits per heavy atom. The van der Waals surface area contributed by atoms with E-state index in [-0.39, 0.29) is 29.7 Å². The molecule has 1 aliphatic rings. The maximum absolute atomic E-state index is 13.7. The van der Waals surface area contributed by atoms with Crippen molar-refractivity contribution in [2.45, 2.75) is 70.6 Å². The SMILES string of the molecule is CC(CCCC(C)(C)O)NC(=O)N1CCC(Oc2ccccc2F)CC1. The smallest absolute Gasteiger partial charge is 0.317 e. The van der Waals surface area contributed by atoms with Crippen LogP contribution in [0.4, 0.5) is 9.18 Å². The van der Waals surface area contributed by atoms with Gasteiger partial charge in [-0.2, -0.15) is 0 Å². The lowest BCUT2D eigenvalue weighted by Gasteiger charge is -2.33. The van der Waals surface area contributed by atoms with Crippen molar-refractivity contribution in [3.05, 3.63) is 30.1 Å². The summed E-state index contributed by atoms with van der Waals surface area (Å²) in [5.41, 5.74) is -0.663. The zero-order valence-electron chi connectivity index (χ0n) is 16.0. The van der Waals surface area contributed by atoms with Gasteiger partial charge >= 0.3 is 6.03 Å². The fourth-order valence-electron chi connectivity index (χ4n) is 3.11. The lowest BCUT2D eigenvalue weighted by Crippen LogP contribution is -2.48. The van der Waals surface area contributed by atoms with Gasteiger partial charge in [0.15, 0.2) is 11.6 Å². The normalized spacial score (nSPS) is 17.0. The molecule has 2 rings (SSSR count). The van der Waals surface area contributed by atoms with Crippen LogP contribution in [0.1, 0.15) is 52.9 Å². The molecular weight excluding hydrogens is 335 g/mol. The number of urea groups is 1. The summed E-state index contributed by atoms with van der Waals surface area (Å²) in [4.78, 5) is 14.1. The van der Waals surface area contributed by atoms with E-state index in [1.807, 2.05) is 6.92 Å². The molecular formula is C20H31FN2O3. The molecule has 1 atom stereocenters. The maximum atomic E-state index is 13.7. The summed E-state index contributed by atoms with van der Waals surface area (Å²) in [6.45, 7) is 6.77. The van der Waals surface area contributed by atoms with Crippen molar-refractivity contribution in [1.29, 1.82) is 0 Å². The summed E-state index contributed by atoms with van der Waals surface area (Å²) in [5, 5.41) is 12.7. The average molecular weight is 366 g/mol. The standard InChI is InChI=1S/C20H31FN2O3/c1-15(7-6-12-20(2,3)25)22-19(24)23-13-10-16(11-14-23)26-18-9-5-4-8-17(18)21/h4-5,8-9,15-16,25H,6-7,10-14H2,1-3H3,(H,22,24). The molecule has 6 heteroatoms. The minimum Gasteiger partial charge on any atom is -0.487 e. The van der Waals surface area contributed by atoms with E-state index in [0.29, 0.717) is 32.4 Å². The predicted octanol–water partition coefficient (Wildman–Crippen LogP) is 3.71. The Balaban J connectivity index is 1.70. The van der Waals surface area contributed by atoms with E-state index >= 15 is 0 Å². The van der Waals surface area contributed by atoms with E-state index in [2.05, 4.69) is 5.32 Å². The average Bonchev–Trinajstić information content (AvgIpc) is 2.56. The molecule has 0 aromatic heterocycles. The van der Waals surface area contributed by atoms with Crippen LogP contribution in [-0.4, -0.2) is 46.9 Å². The van der Waals surface area contributed by atoms with E-state index in [9.17, 15) is 14.3 Å². The van der Waals surface area contributed by atoms with Gasteiger partial charge in [-0.05, 0) is 52.2 Å². The fourth-order valence-corrected chi connectivity index (χ4v) is 3.11. The highest BCUT2D eigenvalue weighted by Crippen LogP contribution is 2.22. The van der Waals surface area contributed by atoms with E-state index < -0.39 is 5.60 Å². The van der Waals surface area contributed by atoms with Gasteiger partial charge in [-0.15, -0.1) is 0 Å². The number of para-hydroxylation sites is 1. The molecule has 146 valence electrons. The highest BCUT2D eigenvalue weighted by Gasteiger charge is 2.25. The van der Waals surface area contributed by atoms with E-state index in [1.54, 1.807) is 36.9 Å². The Hall–Kier alpha value is -1.82. The Bertz CT molecular complexity index is 581. The number of halogens is 1. The second-order valence-corrected chi connectivity index (χ2v) is 7.79. The second kappa shape index (κ2) is 9.21. The molecule has 0 aliphatic carbocycles. The molecule has 26 heavy (non-hydrogen) atoms. The zero-order chi connectivity index (χ0) is 19.2. The molecule has 0 bridgehead atoms. The van der Waals surface area contributed by atoms with Crippen molar-refractivity contribution in [1.82, 2.24) is 10.2 Å². The van der Waals surface area contributed by atoms with E-state index in [4.69, 9.17) is 4.74 Å². The number of piperidine rings is 1. The first kappa shape index (κ1) is 20.5. The molecule has 2 N–H and O–H groups in total. The number of benzene rings is 1. The summed E-state index contributed by atoms with van der Waals surface area (Å²) >= 11 is 0. The highest BCUT2D eigenvalue weighted by atomic mass is 19.1. The van der Waals surface area contributed by atoms with Crippen LogP contribution in [0.25, 0.3) is 0 Å². The molecule has 1 saturated heterocycles. The third-order valence-corrected chi connectivity index (χ3v) is 4.66. The van der Waals surface area contributed by atoms with Crippen molar-refractivity contribution in [3.8, 4) is 5.75 Å². The van der Waals surface area contributed by atoms with Gasteiger partial charge in [-0.1, -0.05) is 12.1 Å². The second-order valence-electron chi connectivity index (χ2n) is 7.79. The Labute approximate surface area is 155 Å². The minimum atomic E-state index is -0.663. The van der Waals surface area contributed by atoms with Gasteiger partial charge in [0.1, 0.15) is 6.10 Å². The molecule has 1 unspecified atom stereocenters. The number of hydrogen-bond donors (Lipinski definition) is 2. The Morgan fingerprint density at radius 1 is 1.38 bits per heavy atom. The molecule has 0 radical (unpaired) electrons. The first-order valence-electron chi connectivity index (χ1n) is 9.43. The third kappa shape index (κ3) is 6.83. The summed E-state index contributed by atoms with van der Waals surface area (Å²) in [7, 11) is 0. The summed E-state index contributed by atoms with van der Waals surface area (Å²) < 4.78 is 19.4. The van der Waals surface area contributed by atoms with Gasteiger partial charge in [-0.3, -0.25) is 0 Å². The van der Waals surface area contributed by atoms with Gasteiger partial charge in [0.2, 0.25) is 0 Å². The monoisotopic (exact) mass is 366 g/mol. The highest BCUT2D eigenvalue weighted by molar-refractivity contribution is 5.74. The molecule has 1 aromatic carbocycles. The van der Waals surface area contributed by atoms with Gasteiger partial charge in [0.05, 0.1) is 5.60 Å². The minimum absolute atomic E-state index is 0.0647. The predicted molar refractivity (Wildman–Crippen MR) is 99.8 cm³/mol. The van der Waals surface area contributed by atoms with Crippen LogP contribution in [-0.2, 0) is 0 Å². The number of hydrogen-bond acceptors (Lipinski definition) is 3. The van der Waals surface area contributed by atoms with Crippen molar-refractivity contribution in [2.24, 2.45) is 0 Å². The van der Waals surface area contributed by atoms with Crippen molar-refractivity contribution < 1.29 is 19.0 Å². The Kier molecular flexibility index (Phi) is 7.26. The molecule has 1 fully saturated rings. The number of likely N-dealkylation sites (tertiary alicyclic amines) is 1.